The van der Waals surface area contributed by atoms with Crippen molar-refractivity contribution in [2.24, 2.45) is 0 Å². The summed E-state index contributed by atoms with van der Waals surface area (Å²) in [5.74, 6) is -1.33. The van der Waals surface area contributed by atoms with Crippen LogP contribution in [0, 0.1) is 0 Å². The van der Waals surface area contributed by atoms with E-state index in [1.54, 1.807) is 0 Å². The number of unbranched alkanes of at least 4 members (excludes halogenated alkanes) is 4. The number of rotatable bonds is 10. The summed E-state index contributed by atoms with van der Waals surface area (Å²) in [6.07, 6.45) is 5.67. The van der Waals surface area contributed by atoms with Crippen LogP contribution in [-0.2, 0) is 19.1 Å². The number of esters is 2. The van der Waals surface area contributed by atoms with Gasteiger partial charge in [-0.2, -0.15) is 0 Å². The molecule has 0 aliphatic rings. The van der Waals surface area contributed by atoms with Crippen LogP contribution in [0.1, 0.15) is 52.4 Å². The van der Waals surface area contributed by atoms with Gasteiger partial charge in [0.2, 0.25) is 0 Å². The second-order valence-electron chi connectivity index (χ2n) is 4.26. The number of halogens is 2. The molecular formula is C13H22Br2O4. The second-order valence-corrected chi connectivity index (χ2v) is 7.70. The molecule has 0 heterocycles. The number of carbonyl (C=O) groups excluding carboxylic acids is 2. The molecule has 0 amide bonds. The Morgan fingerprint density at radius 3 is 1.53 bits per heavy atom. The molecule has 0 aromatic carbocycles. The number of alkyl halides is 2. The molecule has 6 heteroatoms. The monoisotopic (exact) mass is 400 g/mol. The smallest absolute Gasteiger partial charge is 0.345 e. The molecule has 0 aliphatic heterocycles. The van der Waals surface area contributed by atoms with Crippen LogP contribution in [0.2, 0.25) is 0 Å². The van der Waals surface area contributed by atoms with Crippen LogP contribution in [0.5, 0.6) is 0 Å². The van der Waals surface area contributed by atoms with E-state index in [-0.39, 0.29) is 0 Å². The van der Waals surface area contributed by atoms with Crippen LogP contribution in [0.4, 0.5) is 0 Å². The Morgan fingerprint density at radius 2 is 1.21 bits per heavy atom. The standard InChI is InChI=1S/C13H22Br2O4/c1-3-5-7-9-18-11(16)13(14,15)12(17)19-10-8-6-4-2/h3-10H2,1-2H3. The Hall–Kier alpha value is -0.100. The van der Waals surface area contributed by atoms with Gasteiger partial charge in [0, 0.05) is 0 Å². The van der Waals surface area contributed by atoms with E-state index in [1.807, 2.05) is 0 Å². The van der Waals surface area contributed by atoms with Crippen LogP contribution in [0.15, 0.2) is 0 Å². The molecule has 0 N–H and O–H groups in total. The maximum Gasteiger partial charge on any atom is 0.345 e. The molecule has 0 rings (SSSR count). The third kappa shape index (κ3) is 7.92. The zero-order valence-electron chi connectivity index (χ0n) is 11.5. The minimum atomic E-state index is -1.58. The first-order chi connectivity index (χ1) is 8.96. The van der Waals surface area contributed by atoms with Gasteiger partial charge in [-0.3, -0.25) is 0 Å². The molecule has 19 heavy (non-hydrogen) atoms. The summed E-state index contributed by atoms with van der Waals surface area (Å²) in [4.78, 5) is 23.5. The zero-order valence-corrected chi connectivity index (χ0v) is 14.7. The third-order valence-electron chi connectivity index (χ3n) is 2.47. The highest BCUT2D eigenvalue weighted by Crippen LogP contribution is 2.29. The number of ether oxygens (including phenoxy) is 2. The van der Waals surface area contributed by atoms with Crippen LogP contribution in [0.25, 0.3) is 0 Å². The molecule has 0 spiro atoms. The molecule has 4 nitrogen and oxygen atoms in total. The van der Waals surface area contributed by atoms with Crippen molar-refractivity contribution in [3.05, 3.63) is 0 Å². The number of hydrogen-bond acceptors (Lipinski definition) is 4. The minimum Gasteiger partial charge on any atom is -0.464 e. The lowest BCUT2D eigenvalue weighted by atomic mass is 10.3. The topological polar surface area (TPSA) is 52.6 Å². The highest BCUT2D eigenvalue weighted by molar-refractivity contribution is 9.26. The predicted molar refractivity (Wildman–Crippen MR) is 81.6 cm³/mol. The summed E-state index contributed by atoms with van der Waals surface area (Å²) in [6, 6.07) is 0. The van der Waals surface area contributed by atoms with Crippen molar-refractivity contribution in [2.75, 3.05) is 13.2 Å². The molecule has 0 aromatic heterocycles. The van der Waals surface area contributed by atoms with E-state index in [0.717, 1.165) is 38.5 Å². The summed E-state index contributed by atoms with van der Waals surface area (Å²) >= 11 is 6.04. The molecule has 0 atom stereocenters. The summed E-state index contributed by atoms with van der Waals surface area (Å²) in [6.45, 7) is 4.76. The fourth-order valence-electron chi connectivity index (χ4n) is 1.30. The highest BCUT2D eigenvalue weighted by Gasteiger charge is 2.44. The van der Waals surface area contributed by atoms with Crippen molar-refractivity contribution in [2.45, 2.75) is 55.6 Å². The maximum atomic E-state index is 11.7. The summed E-state index contributed by atoms with van der Waals surface area (Å²) in [5.41, 5.74) is 0. The summed E-state index contributed by atoms with van der Waals surface area (Å²) in [5, 5.41) is 0. The Morgan fingerprint density at radius 1 is 0.842 bits per heavy atom. The highest BCUT2D eigenvalue weighted by atomic mass is 79.9. The van der Waals surface area contributed by atoms with Gasteiger partial charge in [-0.1, -0.05) is 39.5 Å². The molecule has 0 aromatic rings. The van der Waals surface area contributed by atoms with Crippen molar-refractivity contribution in [3.8, 4) is 0 Å². The van der Waals surface area contributed by atoms with E-state index in [1.165, 1.54) is 0 Å². The molecule has 0 fully saturated rings. The lowest BCUT2D eigenvalue weighted by Crippen LogP contribution is -2.38. The zero-order chi connectivity index (χ0) is 14.7. The fraction of sp³-hybridized carbons (Fsp3) is 0.846. The number of carbonyl (C=O) groups is 2. The Labute approximate surface area is 131 Å². The molecule has 0 aliphatic carbocycles. The first-order valence-electron chi connectivity index (χ1n) is 6.69. The van der Waals surface area contributed by atoms with E-state index in [9.17, 15) is 9.59 Å². The van der Waals surface area contributed by atoms with Crippen LogP contribution in [0.3, 0.4) is 0 Å². The van der Waals surface area contributed by atoms with Crippen molar-refractivity contribution < 1.29 is 19.1 Å². The molecule has 0 bridgehead atoms. The minimum absolute atomic E-state index is 0.314. The first-order valence-corrected chi connectivity index (χ1v) is 8.27. The predicted octanol–water partition coefficient (Wildman–Crippen LogP) is 3.94. The second kappa shape index (κ2) is 10.7. The van der Waals surface area contributed by atoms with Gasteiger partial charge in [-0.15, -0.1) is 0 Å². The molecule has 0 saturated carbocycles. The molecule has 0 radical (unpaired) electrons. The van der Waals surface area contributed by atoms with Gasteiger partial charge in [-0.25, -0.2) is 9.59 Å². The van der Waals surface area contributed by atoms with Crippen LogP contribution in [-0.4, -0.2) is 28.4 Å². The quantitative estimate of drug-likeness (QED) is 0.241. The average Bonchev–Trinajstić information content (AvgIpc) is 2.39. The lowest BCUT2D eigenvalue weighted by Gasteiger charge is -2.17. The Balaban J connectivity index is 4.04. The fourth-order valence-corrected chi connectivity index (χ4v) is 1.76. The molecular weight excluding hydrogens is 380 g/mol. The first kappa shape index (κ1) is 18.9. The van der Waals surface area contributed by atoms with Gasteiger partial charge in [-0.05, 0) is 44.7 Å². The maximum absolute atomic E-state index is 11.7. The Kier molecular flexibility index (Phi) is 10.6. The van der Waals surface area contributed by atoms with Gasteiger partial charge in [0.15, 0.2) is 0 Å². The van der Waals surface area contributed by atoms with Crippen molar-refractivity contribution >= 4 is 43.8 Å². The molecule has 112 valence electrons. The molecule has 0 saturated heterocycles. The van der Waals surface area contributed by atoms with Gasteiger partial charge in [0.05, 0.1) is 13.2 Å². The van der Waals surface area contributed by atoms with Crippen LogP contribution >= 0.6 is 31.9 Å². The van der Waals surface area contributed by atoms with Gasteiger partial charge < -0.3 is 9.47 Å². The number of hydrogen-bond donors (Lipinski definition) is 0. The van der Waals surface area contributed by atoms with Crippen molar-refractivity contribution in [1.29, 1.82) is 0 Å². The SMILES string of the molecule is CCCCCOC(=O)C(Br)(Br)C(=O)OCCCCC. The van der Waals surface area contributed by atoms with E-state index in [4.69, 9.17) is 9.47 Å². The summed E-state index contributed by atoms with van der Waals surface area (Å²) in [7, 11) is 0. The van der Waals surface area contributed by atoms with E-state index < -0.39 is 15.2 Å². The largest absolute Gasteiger partial charge is 0.464 e. The Bertz CT molecular complexity index is 254. The van der Waals surface area contributed by atoms with Crippen molar-refractivity contribution in [1.82, 2.24) is 0 Å². The normalized spacial score (nSPS) is 11.2. The third-order valence-corrected chi connectivity index (χ3v) is 3.77. The van der Waals surface area contributed by atoms with Crippen LogP contribution < -0.4 is 0 Å². The summed E-state index contributed by atoms with van der Waals surface area (Å²) < 4.78 is 8.46. The lowest BCUT2D eigenvalue weighted by molar-refractivity contribution is -0.154. The van der Waals surface area contributed by atoms with Crippen molar-refractivity contribution in [3.63, 3.8) is 0 Å². The van der Waals surface area contributed by atoms with E-state index in [2.05, 4.69) is 45.7 Å². The van der Waals surface area contributed by atoms with Gasteiger partial charge in [0.25, 0.3) is 3.23 Å². The van der Waals surface area contributed by atoms with E-state index >= 15 is 0 Å². The van der Waals surface area contributed by atoms with E-state index in [0.29, 0.717) is 13.2 Å². The van der Waals surface area contributed by atoms with Gasteiger partial charge in [0.1, 0.15) is 0 Å². The van der Waals surface area contributed by atoms with Gasteiger partial charge >= 0.3 is 11.9 Å². The molecule has 0 unspecified atom stereocenters. The average molecular weight is 402 g/mol.